The SMILES string of the molecule is CCOC(=O)c1c(NC(=O)c2nn(CC)c(=O)c3ccccc23)sc(C(=O)N(C)C)c1C. The van der Waals surface area contributed by atoms with Crippen molar-refractivity contribution >= 4 is 44.9 Å². The van der Waals surface area contributed by atoms with Crippen LogP contribution in [-0.2, 0) is 11.3 Å². The van der Waals surface area contributed by atoms with E-state index in [0.717, 1.165) is 11.3 Å². The smallest absolute Gasteiger partial charge is 0.341 e. The van der Waals surface area contributed by atoms with Crippen LogP contribution in [0.4, 0.5) is 5.00 Å². The lowest BCUT2D eigenvalue weighted by molar-refractivity contribution is 0.0527. The lowest BCUT2D eigenvalue weighted by Crippen LogP contribution is -2.27. The van der Waals surface area contributed by atoms with Crippen molar-refractivity contribution in [2.75, 3.05) is 26.0 Å². The Hall–Kier alpha value is -3.53. The number of aryl methyl sites for hydroxylation is 1. The van der Waals surface area contributed by atoms with E-state index in [1.807, 2.05) is 0 Å². The van der Waals surface area contributed by atoms with Crippen molar-refractivity contribution in [1.29, 1.82) is 0 Å². The van der Waals surface area contributed by atoms with Crippen molar-refractivity contribution < 1.29 is 19.1 Å². The van der Waals surface area contributed by atoms with E-state index in [4.69, 9.17) is 4.74 Å². The summed E-state index contributed by atoms with van der Waals surface area (Å²) in [6.45, 7) is 5.50. The molecule has 3 rings (SSSR count). The van der Waals surface area contributed by atoms with Crippen LogP contribution >= 0.6 is 11.3 Å². The summed E-state index contributed by atoms with van der Waals surface area (Å²) in [5, 5.41) is 7.89. The van der Waals surface area contributed by atoms with Gasteiger partial charge in [-0.25, -0.2) is 9.48 Å². The number of thiophene rings is 1. The number of hydrogen-bond acceptors (Lipinski definition) is 7. The van der Waals surface area contributed by atoms with Gasteiger partial charge in [-0.1, -0.05) is 18.2 Å². The maximum atomic E-state index is 13.2. The second-order valence-corrected chi connectivity index (χ2v) is 8.17. The fourth-order valence-corrected chi connectivity index (χ4v) is 4.45. The number of amides is 2. The number of fused-ring (bicyclic) bond motifs is 1. The Kier molecular flexibility index (Phi) is 6.73. The molecule has 0 atom stereocenters. The topological polar surface area (TPSA) is 111 Å². The average molecular weight is 457 g/mol. The van der Waals surface area contributed by atoms with E-state index in [0.29, 0.717) is 21.2 Å². The summed E-state index contributed by atoms with van der Waals surface area (Å²) in [5.74, 6) is -1.52. The molecule has 32 heavy (non-hydrogen) atoms. The molecule has 2 aromatic heterocycles. The average Bonchev–Trinajstić information content (AvgIpc) is 3.09. The van der Waals surface area contributed by atoms with Crippen LogP contribution in [0.25, 0.3) is 10.8 Å². The zero-order valence-electron chi connectivity index (χ0n) is 18.5. The van der Waals surface area contributed by atoms with Crippen LogP contribution < -0.4 is 10.9 Å². The van der Waals surface area contributed by atoms with Gasteiger partial charge in [0.15, 0.2) is 5.69 Å². The summed E-state index contributed by atoms with van der Waals surface area (Å²) in [6.07, 6.45) is 0. The number of anilines is 1. The van der Waals surface area contributed by atoms with Gasteiger partial charge in [0.1, 0.15) is 5.00 Å². The highest BCUT2D eigenvalue weighted by molar-refractivity contribution is 7.18. The number of hydrogen-bond donors (Lipinski definition) is 1. The Labute approximate surface area is 188 Å². The molecule has 1 aromatic carbocycles. The van der Waals surface area contributed by atoms with Crippen molar-refractivity contribution in [3.05, 3.63) is 56.3 Å². The van der Waals surface area contributed by atoms with Gasteiger partial charge in [-0.2, -0.15) is 5.10 Å². The third kappa shape index (κ3) is 4.13. The molecule has 0 bridgehead atoms. The Balaban J connectivity index is 2.13. The number of nitrogens with one attached hydrogen (secondary N) is 1. The second-order valence-electron chi connectivity index (χ2n) is 7.15. The predicted octanol–water partition coefficient (Wildman–Crippen LogP) is 2.92. The first-order chi connectivity index (χ1) is 15.2. The number of ether oxygens (including phenoxy) is 1. The number of carbonyl (C=O) groups excluding carboxylic acids is 3. The summed E-state index contributed by atoms with van der Waals surface area (Å²) in [7, 11) is 3.21. The third-order valence-corrected chi connectivity index (χ3v) is 6.03. The molecular formula is C22H24N4O5S. The number of esters is 1. The molecule has 168 valence electrons. The van der Waals surface area contributed by atoms with Gasteiger partial charge in [-0.05, 0) is 32.4 Å². The first-order valence-electron chi connectivity index (χ1n) is 10.0. The molecule has 0 aliphatic heterocycles. The largest absolute Gasteiger partial charge is 0.462 e. The number of aromatic nitrogens is 2. The minimum atomic E-state index is -0.634. The lowest BCUT2D eigenvalue weighted by atomic mass is 10.1. The fraction of sp³-hybridized carbons (Fsp3) is 0.318. The van der Waals surface area contributed by atoms with Crippen molar-refractivity contribution in [1.82, 2.24) is 14.7 Å². The van der Waals surface area contributed by atoms with E-state index in [1.54, 1.807) is 59.1 Å². The highest BCUT2D eigenvalue weighted by Crippen LogP contribution is 2.35. The molecule has 0 spiro atoms. The van der Waals surface area contributed by atoms with E-state index in [-0.39, 0.29) is 40.9 Å². The van der Waals surface area contributed by atoms with E-state index >= 15 is 0 Å². The number of nitrogens with zero attached hydrogens (tertiary/aromatic N) is 3. The molecule has 3 aromatic rings. The van der Waals surface area contributed by atoms with Gasteiger partial charge in [0, 0.05) is 26.0 Å². The van der Waals surface area contributed by atoms with Crippen LogP contribution in [-0.4, -0.2) is 53.2 Å². The van der Waals surface area contributed by atoms with E-state index < -0.39 is 11.9 Å². The van der Waals surface area contributed by atoms with Gasteiger partial charge in [0.25, 0.3) is 17.4 Å². The van der Waals surface area contributed by atoms with Crippen LogP contribution in [0.5, 0.6) is 0 Å². The molecule has 0 saturated carbocycles. The Morgan fingerprint density at radius 3 is 2.41 bits per heavy atom. The molecule has 10 heteroatoms. The Morgan fingerprint density at radius 2 is 1.81 bits per heavy atom. The Bertz CT molecular complexity index is 1280. The molecule has 1 N–H and O–H groups in total. The maximum absolute atomic E-state index is 13.2. The van der Waals surface area contributed by atoms with Gasteiger partial charge >= 0.3 is 5.97 Å². The summed E-state index contributed by atoms with van der Waals surface area (Å²) in [4.78, 5) is 52.7. The van der Waals surface area contributed by atoms with Crippen molar-refractivity contribution in [3.63, 3.8) is 0 Å². The van der Waals surface area contributed by atoms with Gasteiger partial charge in [0.2, 0.25) is 0 Å². The minimum absolute atomic E-state index is 0.0448. The zero-order valence-corrected chi connectivity index (χ0v) is 19.3. The van der Waals surface area contributed by atoms with Gasteiger partial charge in [0.05, 0.1) is 22.4 Å². The van der Waals surface area contributed by atoms with E-state index in [2.05, 4.69) is 10.4 Å². The summed E-state index contributed by atoms with van der Waals surface area (Å²) >= 11 is 0.998. The lowest BCUT2D eigenvalue weighted by Gasteiger charge is -2.10. The first-order valence-corrected chi connectivity index (χ1v) is 10.9. The second kappa shape index (κ2) is 9.31. The number of carbonyl (C=O) groups is 3. The van der Waals surface area contributed by atoms with Gasteiger partial charge in [-0.3, -0.25) is 14.4 Å². The van der Waals surface area contributed by atoms with Crippen LogP contribution in [0, 0.1) is 6.92 Å². The quantitative estimate of drug-likeness (QED) is 0.571. The van der Waals surface area contributed by atoms with Crippen LogP contribution in [0.3, 0.4) is 0 Å². The monoisotopic (exact) mass is 456 g/mol. The maximum Gasteiger partial charge on any atom is 0.341 e. The molecule has 2 heterocycles. The van der Waals surface area contributed by atoms with E-state index in [9.17, 15) is 19.2 Å². The summed E-state index contributed by atoms with van der Waals surface area (Å²) in [6, 6.07) is 6.71. The van der Waals surface area contributed by atoms with Crippen molar-refractivity contribution in [2.45, 2.75) is 27.3 Å². The molecule has 0 aliphatic carbocycles. The minimum Gasteiger partial charge on any atom is -0.462 e. The van der Waals surface area contributed by atoms with E-state index in [1.165, 1.54) is 9.58 Å². The standard InChI is InChI=1S/C22H24N4O5S/c1-6-26-20(28)14-11-9-8-10-13(14)16(24-26)18(27)23-19-15(22(30)31-7-2)12(3)17(32-19)21(29)25(4)5/h8-11H,6-7H2,1-5H3,(H,23,27). The van der Waals surface area contributed by atoms with Crippen molar-refractivity contribution in [2.24, 2.45) is 0 Å². The summed E-state index contributed by atoms with van der Waals surface area (Å²) in [5.41, 5.74) is 0.309. The van der Waals surface area contributed by atoms with Crippen LogP contribution in [0.15, 0.2) is 29.1 Å². The van der Waals surface area contributed by atoms with Crippen LogP contribution in [0.2, 0.25) is 0 Å². The molecular weight excluding hydrogens is 432 g/mol. The van der Waals surface area contributed by atoms with Crippen molar-refractivity contribution in [3.8, 4) is 0 Å². The molecule has 0 saturated heterocycles. The zero-order chi connectivity index (χ0) is 23.6. The predicted molar refractivity (Wildman–Crippen MR) is 123 cm³/mol. The normalized spacial score (nSPS) is 10.8. The number of rotatable bonds is 6. The molecule has 9 nitrogen and oxygen atoms in total. The third-order valence-electron chi connectivity index (χ3n) is 4.84. The molecule has 2 amide bonds. The summed E-state index contributed by atoms with van der Waals surface area (Å²) < 4.78 is 6.36. The molecule has 0 aliphatic rings. The van der Waals surface area contributed by atoms with Gasteiger partial charge < -0.3 is 15.0 Å². The highest BCUT2D eigenvalue weighted by atomic mass is 32.1. The molecule has 0 radical (unpaired) electrons. The van der Waals surface area contributed by atoms with Crippen LogP contribution in [0.1, 0.15) is 49.9 Å². The molecule has 0 unspecified atom stereocenters. The highest BCUT2D eigenvalue weighted by Gasteiger charge is 2.28. The Morgan fingerprint density at radius 1 is 1.16 bits per heavy atom. The molecule has 0 fully saturated rings. The van der Waals surface area contributed by atoms with Gasteiger partial charge in [-0.15, -0.1) is 11.3 Å². The number of benzene rings is 1. The first kappa shape index (κ1) is 23.1. The fourth-order valence-electron chi connectivity index (χ4n) is 3.24.